The largest absolute Gasteiger partial charge is 0.455 e. The molecule has 8 nitrogen and oxygen atoms in total. The average molecular weight is 469 g/mol. The molecule has 1 N–H and O–H groups in total. The van der Waals surface area contributed by atoms with E-state index in [2.05, 4.69) is 10.4 Å². The van der Waals surface area contributed by atoms with Gasteiger partial charge in [-0.25, -0.2) is 0 Å². The molecule has 0 bridgehead atoms. The molecular formula is C22H26F3N3O5. The first-order valence-electron chi connectivity index (χ1n) is 11.2. The van der Waals surface area contributed by atoms with E-state index in [0.717, 1.165) is 12.8 Å². The number of hydrogen-bond acceptors (Lipinski definition) is 6. The number of nitrogens with zero attached hydrogens (tertiary/aromatic N) is 2. The summed E-state index contributed by atoms with van der Waals surface area (Å²) in [4.78, 5) is 12.7. The Bertz CT molecular complexity index is 1030. The molecule has 1 aliphatic carbocycles. The lowest BCUT2D eigenvalue weighted by molar-refractivity contribution is -0.137. The van der Waals surface area contributed by atoms with Crippen LogP contribution in [0, 0.1) is 0 Å². The summed E-state index contributed by atoms with van der Waals surface area (Å²) >= 11 is 0. The fraction of sp³-hybridized carbons (Fsp3) is 0.636. The van der Waals surface area contributed by atoms with Crippen molar-refractivity contribution < 1.29 is 36.6 Å². The Morgan fingerprint density at radius 3 is 2.79 bits per heavy atom. The standard InChI is InChI=1S/C22H26F3N3O5/c1-12-2-4-14(32-12)8-26-21(29)20-18(22(23,24)25)17-16(33-20)5-3-13-9-28(27-19(13)17)10-15-11-30-6-7-31-15/h9,12,14-15H,2-8,10-11H2,1H3,(H,26,29)/t12-,14-,15-/m0/s1. The van der Waals surface area contributed by atoms with E-state index in [1.165, 1.54) is 0 Å². The summed E-state index contributed by atoms with van der Waals surface area (Å²) in [5.74, 6) is -1.48. The lowest BCUT2D eigenvalue weighted by Crippen LogP contribution is -2.33. The van der Waals surface area contributed by atoms with E-state index in [4.69, 9.17) is 18.6 Å². The Hall–Kier alpha value is -2.37. The topological polar surface area (TPSA) is 87.8 Å². The van der Waals surface area contributed by atoms with Crippen LogP contribution in [0.2, 0.25) is 0 Å². The summed E-state index contributed by atoms with van der Waals surface area (Å²) in [6.07, 6.45) is -1.05. The molecule has 33 heavy (non-hydrogen) atoms. The second-order valence-corrected chi connectivity index (χ2v) is 8.75. The molecule has 3 aliphatic rings. The van der Waals surface area contributed by atoms with Gasteiger partial charge in [-0.3, -0.25) is 9.48 Å². The van der Waals surface area contributed by atoms with E-state index in [-0.39, 0.29) is 48.3 Å². The average Bonchev–Trinajstić information content (AvgIpc) is 3.47. The second-order valence-electron chi connectivity index (χ2n) is 8.75. The molecule has 2 aromatic rings. The van der Waals surface area contributed by atoms with Gasteiger partial charge < -0.3 is 23.9 Å². The molecule has 0 aromatic carbocycles. The lowest BCUT2D eigenvalue weighted by atomic mass is 9.93. The van der Waals surface area contributed by atoms with Crippen LogP contribution in [-0.4, -0.2) is 60.4 Å². The predicted molar refractivity (Wildman–Crippen MR) is 109 cm³/mol. The molecule has 0 saturated carbocycles. The van der Waals surface area contributed by atoms with Crippen LogP contribution in [-0.2, 0) is 39.8 Å². The summed E-state index contributed by atoms with van der Waals surface area (Å²) in [5.41, 5.74) is -0.319. The number of furan rings is 1. The SMILES string of the molecule is C[C@H]1CC[C@@H](CNC(=O)c2oc3c(c2C(F)(F)F)-c2nn(C[C@H]4COCCO4)cc2CC3)O1. The Labute approximate surface area is 188 Å². The van der Waals surface area contributed by atoms with Crippen molar-refractivity contribution in [2.45, 2.75) is 63.6 Å². The number of aromatic nitrogens is 2. The molecule has 2 aliphatic heterocycles. The van der Waals surface area contributed by atoms with E-state index in [9.17, 15) is 18.0 Å². The molecule has 11 heteroatoms. The second kappa shape index (κ2) is 8.77. The van der Waals surface area contributed by atoms with Crippen molar-refractivity contribution in [3.63, 3.8) is 0 Å². The minimum atomic E-state index is -4.78. The quantitative estimate of drug-likeness (QED) is 0.725. The summed E-state index contributed by atoms with van der Waals surface area (Å²) in [6.45, 7) is 3.83. The highest BCUT2D eigenvalue weighted by molar-refractivity contribution is 5.96. The molecule has 2 fully saturated rings. The van der Waals surface area contributed by atoms with Crippen LogP contribution < -0.4 is 5.32 Å². The zero-order valence-corrected chi connectivity index (χ0v) is 18.2. The van der Waals surface area contributed by atoms with Crippen LogP contribution in [0.25, 0.3) is 11.3 Å². The lowest BCUT2D eigenvalue weighted by Gasteiger charge is -2.22. The highest BCUT2D eigenvalue weighted by atomic mass is 19.4. The number of amides is 1. The number of ether oxygens (including phenoxy) is 3. The minimum Gasteiger partial charge on any atom is -0.455 e. The molecule has 3 atom stereocenters. The first kappa shape index (κ1) is 22.4. The van der Waals surface area contributed by atoms with Gasteiger partial charge in [-0.05, 0) is 31.7 Å². The van der Waals surface area contributed by atoms with Crippen LogP contribution >= 0.6 is 0 Å². The molecule has 4 heterocycles. The zero-order chi connectivity index (χ0) is 23.2. The van der Waals surface area contributed by atoms with Crippen LogP contribution in [0.1, 0.15) is 47.2 Å². The van der Waals surface area contributed by atoms with E-state index in [0.29, 0.717) is 38.3 Å². The smallest absolute Gasteiger partial charge is 0.420 e. The summed E-state index contributed by atoms with van der Waals surface area (Å²) in [6, 6.07) is 0. The first-order chi connectivity index (χ1) is 15.8. The molecule has 2 saturated heterocycles. The fourth-order valence-electron chi connectivity index (χ4n) is 4.71. The highest BCUT2D eigenvalue weighted by Crippen LogP contribution is 2.46. The molecule has 5 rings (SSSR count). The van der Waals surface area contributed by atoms with Gasteiger partial charge in [-0.2, -0.15) is 18.3 Å². The van der Waals surface area contributed by atoms with Gasteiger partial charge in [0.1, 0.15) is 17.4 Å². The van der Waals surface area contributed by atoms with Gasteiger partial charge in [0.25, 0.3) is 5.91 Å². The van der Waals surface area contributed by atoms with Gasteiger partial charge >= 0.3 is 6.18 Å². The Balaban J connectivity index is 1.42. The number of nitrogens with one attached hydrogen (secondary N) is 1. The number of aryl methyl sites for hydroxylation is 2. The molecule has 1 amide bonds. The third-order valence-corrected chi connectivity index (χ3v) is 6.25. The van der Waals surface area contributed by atoms with Crippen LogP contribution in [0.5, 0.6) is 0 Å². The molecule has 0 unspecified atom stereocenters. The Kier molecular flexibility index (Phi) is 5.96. The van der Waals surface area contributed by atoms with Crippen molar-refractivity contribution in [2.75, 3.05) is 26.4 Å². The molecule has 0 spiro atoms. The van der Waals surface area contributed by atoms with E-state index in [1.807, 2.05) is 6.92 Å². The number of fused-ring (bicyclic) bond motifs is 3. The third kappa shape index (κ3) is 4.53. The monoisotopic (exact) mass is 469 g/mol. The summed E-state index contributed by atoms with van der Waals surface area (Å²) in [7, 11) is 0. The summed E-state index contributed by atoms with van der Waals surface area (Å²) < 4.78 is 66.2. The van der Waals surface area contributed by atoms with Crippen molar-refractivity contribution in [2.24, 2.45) is 0 Å². The van der Waals surface area contributed by atoms with Gasteiger partial charge in [0.2, 0.25) is 5.76 Å². The van der Waals surface area contributed by atoms with Crippen LogP contribution in [0.15, 0.2) is 10.6 Å². The van der Waals surface area contributed by atoms with E-state index >= 15 is 0 Å². The van der Waals surface area contributed by atoms with Crippen LogP contribution in [0.4, 0.5) is 13.2 Å². The number of rotatable bonds is 5. The molecule has 2 aromatic heterocycles. The number of halogens is 3. The Morgan fingerprint density at radius 1 is 1.24 bits per heavy atom. The Morgan fingerprint density at radius 2 is 2.09 bits per heavy atom. The third-order valence-electron chi connectivity index (χ3n) is 6.25. The first-order valence-corrected chi connectivity index (χ1v) is 11.2. The van der Waals surface area contributed by atoms with Gasteiger partial charge in [0.15, 0.2) is 0 Å². The van der Waals surface area contributed by atoms with E-state index in [1.54, 1.807) is 10.9 Å². The number of hydrogen-bond donors (Lipinski definition) is 1. The van der Waals surface area contributed by atoms with Gasteiger partial charge in [0.05, 0.1) is 49.8 Å². The van der Waals surface area contributed by atoms with Crippen molar-refractivity contribution in [3.8, 4) is 11.3 Å². The van der Waals surface area contributed by atoms with E-state index < -0.39 is 23.4 Å². The van der Waals surface area contributed by atoms with Gasteiger partial charge in [-0.15, -0.1) is 0 Å². The normalized spacial score (nSPS) is 25.0. The number of carbonyl (C=O) groups excluding carboxylic acids is 1. The molecule has 0 radical (unpaired) electrons. The van der Waals surface area contributed by atoms with Gasteiger partial charge in [-0.1, -0.05) is 0 Å². The summed E-state index contributed by atoms with van der Waals surface area (Å²) in [5, 5.41) is 6.97. The number of carbonyl (C=O) groups is 1. The van der Waals surface area contributed by atoms with Crippen molar-refractivity contribution in [3.05, 3.63) is 28.8 Å². The zero-order valence-electron chi connectivity index (χ0n) is 18.2. The fourth-order valence-corrected chi connectivity index (χ4v) is 4.71. The van der Waals surface area contributed by atoms with Crippen molar-refractivity contribution in [1.29, 1.82) is 0 Å². The van der Waals surface area contributed by atoms with Crippen LogP contribution in [0.3, 0.4) is 0 Å². The maximum Gasteiger partial charge on any atom is 0.420 e. The molecular weight excluding hydrogens is 443 g/mol. The van der Waals surface area contributed by atoms with Gasteiger partial charge in [0, 0.05) is 19.2 Å². The minimum absolute atomic E-state index is 0.0765. The highest BCUT2D eigenvalue weighted by Gasteiger charge is 2.45. The van der Waals surface area contributed by atoms with Crippen molar-refractivity contribution >= 4 is 5.91 Å². The predicted octanol–water partition coefficient (Wildman–Crippen LogP) is 2.97. The maximum absolute atomic E-state index is 14.2. The number of alkyl halides is 3. The van der Waals surface area contributed by atoms with Crippen molar-refractivity contribution in [1.82, 2.24) is 15.1 Å². The molecule has 180 valence electrons. The maximum atomic E-state index is 14.2.